The number of likely N-dealkylation sites (tertiary alicyclic amines) is 2. The number of hydrogen-bond acceptors (Lipinski definition) is 4. The molecular formula is C15H29N3O. The zero-order chi connectivity index (χ0) is 13.1. The second kappa shape index (κ2) is 6.53. The van der Waals surface area contributed by atoms with Gasteiger partial charge in [0, 0.05) is 31.8 Å². The van der Waals surface area contributed by atoms with Gasteiger partial charge in [-0.2, -0.15) is 0 Å². The third-order valence-electron chi connectivity index (χ3n) is 5.24. The number of methoxy groups -OCH3 is 1. The van der Waals surface area contributed by atoms with E-state index in [0.717, 1.165) is 25.2 Å². The Bertz CT molecular complexity index is 273. The third kappa shape index (κ3) is 3.30. The van der Waals surface area contributed by atoms with Crippen LogP contribution in [0.2, 0.25) is 0 Å². The van der Waals surface area contributed by atoms with E-state index in [2.05, 4.69) is 15.1 Å². The highest BCUT2D eigenvalue weighted by molar-refractivity contribution is 4.91. The fourth-order valence-corrected chi connectivity index (χ4v) is 4.13. The molecule has 0 aromatic carbocycles. The van der Waals surface area contributed by atoms with E-state index in [-0.39, 0.29) is 0 Å². The van der Waals surface area contributed by atoms with Crippen molar-refractivity contribution in [2.45, 2.75) is 50.2 Å². The number of hydrogen-bond donors (Lipinski definition) is 1. The van der Waals surface area contributed by atoms with E-state index in [0.29, 0.717) is 6.04 Å². The first-order valence-electron chi connectivity index (χ1n) is 8.07. The molecule has 3 fully saturated rings. The van der Waals surface area contributed by atoms with Gasteiger partial charge in [-0.3, -0.25) is 4.90 Å². The molecule has 19 heavy (non-hydrogen) atoms. The van der Waals surface area contributed by atoms with Gasteiger partial charge in [0.05, 0.1) is 6.61 Å². The average Bonchev–Trinajstić information content (AvgIpc) is 3.10. The molecule has 4 heteroatoms. The minimum Gasteiger partial charge on any atom is -0.383 e. The van der Waals surface area contributed by atoms with Crippen LogP contribution in [0.4, 0.5) is 0 Å². The first-order chi connectivity index (χ1) is 9.36. The molecule has 0 spiro atoms. The summed E-state index contributed by atoms with van der Waals surface area (Å²) < 4.78 is 5.26. The lowest BCUT2D eigenvalue weighted by molar-refractivity contribution is 0.0988. The summed E-state index contributed by atoms with van der Waals surface area (Å²) in [5.41, 5.74) is 0. The van der Waals surface area contributed by atoms with Crippen molar-refractivity contribution in [2.75, 3.05) is 46.4 Å². The minimum atomic E-state index is 0.575. The summed E-state index contributed by atoms with van der Waals surface area (Å²) in [5.74, 6) is 0. The van der Waals surface area contributed by atoms with E-state index < -0.39 is 0 Å². The van der Waals surface area contributed by atoms with Gasteiger partial charge < -0.3 is 15.0 Å². The first kappa shape index (κ1) is 13.8. The van der Waals surface area contributed by atoms with Gasteiger partial charge in [-0.15, -0.1) is 0 Å². The zero-order valence-electron chi connectivity index (χ0n) is 12.3. The molecule has 0 bridgehead atoms. The largest absolute Gasteiger partial charge is 0.383 e. The molecule has 3 aliphatic rings. The molecule has 3 heterocycles. The molecule has 0 radical (unpaired) electrons. The van der Waals surface area contributed by atoms with Crippen LogP contribution in [0.1, 0.15) is 32.1 Å². The molecule has 1 N–H and O–H groups in total. The number of nitrogens with zero attached hydrogens (tertiary/aromatic N) is 2. The lowest BCUT2D eigenvalue weighted by Gasteiger charge is -2.39. The normalized spacial score (nSPS) is 35.2. The van der Waals surface area contributed by atoms with Crippen LogP contribution >= 0.6 is 0 Å². The smallest absolute Gasteiger partial charge is 0.0616 e. The molecule has 0 aromatic rings. The van der Waals surface area contributed by atoms with Gasteiger partial charge in [0.1, 0.15) is 0 Å². The van der Waals surface area contributed by atoms with E-state index >= 15 is 0 Å². The molecule has 0 amide bonds. The Kier molecular flexibility index (Phi) is 4.74. The van der Waals surface area contributed by atoms with Gasteiger partial charge in [0.15, 0.2) is 0 Å². The van der Waals surface area contributed by atoms with Crippen LogP contribution < -0.4 is 5.32 Å². The number of ether oxygens (including phenoxy) is 1. The van der Waals surface area contributed by atoms with Gasteiger partial charge in [0.25, 0.3) is 0 Å². The summed E-state index contributed by atoms with van der Waals surface area (Å²) in [4.78, 5) is 5.45. The van der Waals surface area contributed by atoms with E-state index in [9.17, 15) is 0 Å². The second-order valence-electron chi connectivity index (χ2n) is 6.46. The maximum Gasteiger partial charge on any atom is 0.0616 e. The summed E-state index contributed by atoms with van der Waals surface area (Å²) in [5, 5.41) is 3.59. The topological polar surface area (TPSA) is 27.7 Å². The summed E-state index contributed by atoms with van der Waals surface area (Å²) in [7, 11) is 1.80. The van der Waals surface area contributed by atoms with Crippen LogP contribution in [-0.4, -0.2) is 74.4 Å². The van der Waals surface area contributed by atoms with E-state index in [4.69, 9.17) is 4.74 Å². The first-order valence-corrected chi connectivity index (χ1v) is 8.07. The van der Waals surface area contributed by atoms with E-state index in [1.807, 2.05) is 0 Å². The SMILES string of the molecule is COCC1CC(N2CCC(N3CCCC3)CC2)CN1. The van der Waals surface area contributed by atoms with Crippen LogP contribution in [-0.2, 0) is 4.74 Å². The fourth-order valence-electron chi connectivity index (χ4n) is 4.13. The van der Waals surface area contributed by atoms with Crippen molar-refractivity contribution in [3.05, 3.63) is 0 Å². The van der Waals surface area contributed by atoms with Crippen molar-refractivity contribution in [1.82, 2.24) is 15.1 Å². The fraction of sp³-hybridized carbons (Fsp3) is 1.00. The highest BCUT2D eigenvalue weighted by Gasteiger charge is 2.33. The lowest BCUT2D eigenvalue weighted by Crippen LogP contribution is -2.48. The summed E-state index contributed by atoms with van der Waals surface area (Å²) in [6, 6.07) is 2.20. The van der Waals surface area contributed by atoms with Crippen molar-refractivity contribution in [2.24, 2.45) is 0 Å². The number of piperidine rings is 1. The molecule has 4 nitrogen and oxygen atoms in total. The highest BCUT2D eigenvalue weighted by Crippen LogP contribution is 2.24. The Hall–Kier alpha value is -0.160. The molecule has 0 aliphatic carbocycles. The summed E-state index contributed by atoms with van der Waals surface area (Å²) in [6.45, 7) is 7.32. The van der Waals surface area contributed by atoms with E-state index in [1.54, 1.807) is 7.11 Å². The quantitative estimate of drug-likeness (QED) is 0.820. The van der Waals surface area contributed by atoms with Crippen LogP contribution in [0.3, 0.4) is 0 Å². The lowest BCUT2D eigenvalue weighted by atomic mass is 10.0. The van der Waals surface area contributed by atoms with Crippen LogP contribution in [0.25, 0.3) is 0 Å². The number of nitrogens with one attached hydrogen (secondary N) is 1. The summed E-state index contributed by atoms with van der Waals surface area (Å²) >= 11 is 0. The molecule has 3 aliphatic heterocycles. The van der Waals surface area contributed by atoms with Gasteiger partial charge in [-0.25, -0.2) is 0 Å². The second-order valence-corrected chi connectivity index (χ2v) is 6.46. The van der Waals surface area contributed by atoms with Gasteiger partial charge in [-0.1, -0.05) is 0 Å². The third-order valence-corrected chi connectivity index (χ3v) is 5.24. The van der Waals surface area contributed by atoms with Crippen LogP contribution in [0, 0.1) is 0 Å². The van der Waals surface area contributed by atoms with Crippen LogP contribution in [0.15, 0.2) is 0 Å². The summed E-state index contributed by atoms with van der Waals surface area (Å²) in [6.07, 6.45) is 6.87. The van der Waals surface area contributed by atoms with Gasteiger partial charge in [-0.05, 0) is 58.3 Å². The Morgan fingerprint density at radius 1 is 1.00 bits per heavy atom. The van der Waals surface area contributed by atoms with Gasteiger partial charge in [0.2, 0.25) is 0 Å². The molecule has 110 valence electrons. The van der Waals surface area contributed by atoms with Gasteiger partial charge >= 0.3 is 0 Å². The molecule has 2 atom stereocenters. The Morgan fingerprint density at radius 3 is 2.37 bits per heavy atom. The van der Waals surface area contributed by atoms with Crippen molar-refractivity contribution < 1.29 is 4.74 Å². The zero-order valence-corrected chi connectivity index (χ0v) is 12.3. The molecule has 3 rings (SSSR count). The minimum absolute atomic E-state index is 0.575. The van der Waals surface area contributed by atoms with E-state index in [1.165, 1.54) is 58.3 Å². The molecule has 3 saturated heterocycles. The monoisotopic (exact) mass is 267 g/mol. The van der Waals surface area contributed by atoms with Crippen LogP contribution in [0.5, 0.6) is 0 Å². The predicted molar refractivity (Wildman–Crippen MR) is 77.5 cm³/mol. The number of rotatable bonds is 4. The van der Waals surface area contributed by atoms with Crippen molar-refractivity contribution in [1.29, 1.82) is 0 Å². The molecular weight excluding hydrogens is 238 g/mol. The maximum absolute atomic E-state index is 5.26. The van der Waals surface area contributed by atoms with Crippen molar-refractivity contribution in [3.8, 4) is 0 Å². The highest BCUT2D eigenvalue weighted by atomic mass is 16.5. The Labute approximate surface area is 117 Å². The average molecular weight is 267 g/mol. The maximum atomic E-state index is 5.26. The Balaban J connectivity index is 1.42. The predicted octanol–water partition coefficient (Wildman–Crippen LogP) is 0.924. The molecule has 0 aromatic heterocycles. The molecule has 0 saturated carbocycles. The molecule has 2 unspecified atom stereocenters. The Morgan fingerprint density at radius 2 is 1.68 bits per heavy atom. The van der Waals surface area contributed by atoms with Crippen molar-refractivity contribution >= 4 is 0 Å². The van der Waals surface area contributed by atoms with Crippen molar-refractivity contribution in [3.63, 3.8) is 0 Å². The standard InChI is InChI=1S/C15H29N3O/c1-19-12-13-10-15(11-16-13)18-8-4-14(5-9-18)17-6-2-3-7-17/h13-16H,2-12H2,1H3.